The van der Waals surface area contributed by atoms with Crippen LogP contribution < -0.4 is 5.56 Å². The van der Waals surface area contributed by atoms with Gasteiger partial charge in [0.25, 0.3) is 5.56 Å². The molecule has 5 nitrogen and oxygen atoms in total. The van der Waals surface area contributed by atoms with E-state index in [-0.39, 0.29) is 28.4 Å². The Morgan fingerprint density at radius 3 is 2.61 bits per heavy atom. The lowest BCUT2D eigenvalue weighted by Crippen LogP contribution is -2.58. The molecule has 6 heteroatoms. The highest BCUT2D eigenvalue weighted by atomic mass is 19.1. The molecule has 2 aromatic rings. The van der Waals surface area contributed by atoms with Gasteiger partial charge < -0.3 is 15.2 Å². The van der Waals surface area contributed by atoms with Crippen molar-refractivity contribution in [1.82, 2.24) is 9.97 Å². The fourth-order valence-corrected chi connectivity index (χ4v) is 10.2. The van der Waals surface area contributed by atoms with Crippen molar-refractivity contribution in [2.75, 3.05) is 0 Å². The van der Waals surface area contributed by atoms with Gasteiger partial charge in [0.05, 0.1) is 17.7 Å². The maximum atomic E-state index is 14.5. The molecule has 6 rings (SSSR count). The molecule has 1 unspecified atom stereocenters. The molecule has 0 saturated heterocycles. The Morgan fingerprint density at radius 1 is 1.08 bits per heavy atom. The second-order valence-electron chi connectivity index (χ2n) is 14.1. The number of hydrogen-bond acceptors (Lipinski definition) is 4. The molecule has 4 aliphatic rings. The molecular weight excluding hydrogens is 479 g/mol. The standard InChI is InChI=1S/C32H45FN2O3/c1-17(6-10-26-34-24-9-5-18(2)29(33)28(24)30(38)35-26)21-7-8-22-27-23(12-14-32(21,22)4)31(3)13-11-20(36)15-19(31)16-25(27)37/h5,9,17,19-23,25,27,36-37H,6-8,10-16H2,1-4H3,(H,34,35,38)/t17-,19+,20-,21-,22+,23?,25-,27+,31+,32-/m1/s1. The van der Waals surface area contributed by atoms with Gasteiger partial charge in [-0.15, -0.1) is 0 Å². The Morgan fingerprint density at radius 2 is 1.82 bits per heavy atom. The number of aliphatic hydroxyl groups excluding tert-OH is 2. The molecule has 3 N–H and O–H groups in total. The molecule has 1 heterocycles. The van der Waals surface area contributed by atoms with Crippen molar-refractivity contribution in [2.24, 2.45) is 46.3 Å². The zero-order valence-electron chi connectivity index (χ0n) is 23.5. The second kappa shape index (κ2) is 9.40. The SMILES string of the molecule is Cc1ccc2nc(CC[C@@H](C)[C@H]3CC[C@H]4[C@H]5C(CC[C@]34C)[C@@]3(C)CC[C@@H](O)C[C@H]3C[C@H]5O)[nH]c(=O)c2c1F. The van der Waals surface area contributed by atoms with Gasteiger partial charge in [-0.3, -0.25) is 4.79 Å². The zero-order chi connectivity index (χ0) is 27.0. The van der Waals surface area contributed by atoms with E-state index >= 15 is 0 Å². The van der Waals surface area contributed by atoms with Crippen LogP contribution in [-0.4, -0.2) is 32.4 Å². The van der Waals surface area contributed by atoms with Gasteiger partial charge in [0.1, 0.15) is 17.0 Å². The maximum absolute atomic E-state index is 14.5. The number of nitrogens with zero attached hydrogens (tertiary/aromatic N) is 1. The first kappa shape index (κ1) is 26.4. The monoisotopic (exact) mass is 524 g/mol. The normalized spacial score (nSPS) is 41.4. The number of fused-ring (bicyclic) bond motifs is 6. The first-order valence-electron chi connectivity index (χ1n) is 15.1. The number of hydrogen-bond donors (Lipinski definition) is 3. The van der Waals surface area contributed by atoms with Crippen molar-refractivity contribution in [3.05, 3.63) is 39.7 Å². The predicted molar refractivity (Wildman–Crippen MR) is 147 cm³/mol. The highest BCUT2D eigenvalue weighted by molar-refractivity contribution is 5.79. The predicted octanol–water partition coefficient (Wildman–Crippen LogP) is 5.93. The first-order valence-corrected chi connectivity index (χ1v) is 15.1. The third-order valence-electron chi connectivity index (χ3n) is 12.3. The molecule has 4 aliphatic carbocycles. The van der Waals surface area contributed by atoms with Crippen LogP contribution in [0.3, 0.4) is 0 Å². The molecule has 4 fully saturated rings. The average Bonchev–Trinajstić information content (AvgIpc) is 3.23. The van der Waals surface area contributed by atoms with Crippen molar-refractivity contribution < 1.29 is 14.6 Å². The lowest BCUT2D eigenvalue weighted by molar-refractivity contribution is -0.174. The van der Waals surface area contributed by atoms with Gasteiger partial charge in [-0.05, 0) is 123 Å². The molecule has 10 atom stereocenters. The van der Waals surface area contributed by atoms with Gasteiger partial charge in [-0.25, -0.2) is 9.37 Å². The zero-order valence-corrected chi connectivity index (χ0v) is 23.5. The van der Waals surface area contributed by atoms with Crippen LogP contribution in [-0.2, 0) is 6.42 Å². The van der Waals surface area contributed by atoms with Crippen LogP contribution >= 0.6 is 0 Å². The number of benzene rings is 1. The third kappa shape index (κ3) is 3.99. The van der Waals surface area contributed by atoms with Crippen LogP contribution in [0.25, 0.3) is 10.9 Å². The van der Waals surface area contributed by atoms with Crippen molar-refractivity contribution in [3.8, 4) is 0 Å². The number of aromatic nitrogens is 2. The topological polar surface area (TPSA) is 86.2 Å². The summed E-state index contributed by atoms with van der Waals surface area (Å²) in [6.07, 6.45) is 9.66. The Labute approximate surface area is 225 Å². The van der Waals surface area contributed by atoms with Gasteiger partial charge in [0, 0.05) is 6.42 Å². The van der Waals surface area contributed by atoms with Crippen LogP contribution in [0.15, 0.2) is 16.9 Å². The largest absolute Gasteiger partial charge is 0.393 e. The fraction of sp³-hybridized carbons (Fsp3) is 0.750. The van der Waals surface area contributed by atoms with Crippen LogP contribution in [0.2, 0.25) is 0 Å². The number of aromatic amines is 1. The van der Waals surface area contributed by atoms with Gasteiger partial charge in [-0.1, -0.05) is 26.8 Å². The van der Waals surface area contributed by atoms with E-state index in [4.69, 9.17) is 0 Å². The van der Waals surface area contributed by atoms with E-state index in [0.29, 0.717) is 58.8 Å². The fourth-order valence-electron chi connectivity index (χ4n) is 10.2. The van der Waals surface area contributed by atoms with E-state index in [1.807, 2.05) is 0 Å². The third-order valence-corrected chi connectivity index (χ3v) is 12.3. The minimum absolute atomic E-state index is 0.0548. The summed E-state index contributed by atoms with van der Waals surface area (Å²) in [7, 11) is 0. The number of aryl methyl sites for hydroxylation is 2. The highest BCUT2D eigenvalue weighted by Gasteiger charge is 2.62. The highest BCUT2D eigenvalue weighted by Crippen LogP contribution is 2.68. The summed E-state index contributed by atoms with van der Waals surface area (Å²) >= 11 is 0. The van der Waals surface area contributed by atoms with Crippen LogP contribution in [0, 0.1) is 59.1 Å². The molecule has 0 radical (unpaired) electrons. The van der Waals surface area contributed by atoms with Crippen molar-refractivity contribution in [3.63, 3.8) is 0 Å². The van der Waals surface area contributed by atoms with Gasteiger partial charge in [-0.2, -0.15) is 0 Å². The summed E-state index contributed by atoms with van der Waals surface area (Å²) < 4.78 is 14.5. The number of rotatable bonds is 4. The summed E-state index contributed by atoms with van der Waals surface area (Å²) in [5, 5.41) is 21.9. The Hall–Kier alpha value is -1.79. The Kier molecular flexibility index (Phi) is 6.54. The number of H-pyrrole nitrogens is 1. The molecule has 1 aromatic heterocycles. The maximum Gasteiger partial charge on any atom is 0.261 e. The van der Waals surface area contributed by atoms with Crippen molar-refractivity contribution in [1.29, 1.82) is 0 Å². The Balaban J connectivity index is 1.18. The number of aliphatic hydroxyl groups is 2. The van der Waals surface area contributed by atoms with Crippen LogP contribution in [0.5, 0.6) is 0 Å². The van der Waals surface area contributed by atoms with Gasteiger partial charge in [0.15, 0.2) is 0 Å². The first-order chi connectivity index (χ1) is 18.0. The molecule has 0 bridgehead atoms. The molecule has 4 saturated carbocycles. The minimum atomic E-state index is -0.480. The van der Waals surface area contributed by atoms with E-state index in [0.717, 1.165) is 32.1 Å². The van der Waals surface area contributed by atoms with E-state index in [2.05, 4.69) is 30.7 Å². The number of nitrogens with one attached hydrogen (secondary N) is 1. The molecule has 208 valence electrons. The molecule has 0 aliphatic heterocycles. The molecule has 1 aromatic carbocycles. The molecule has 0 spiro atoms. The molecule has 0 amide bonds. The van der Waals surface area contributed by atoms with Gasteiger partial charge in [0.2, 0.25) is 0 Å². The summed E-state index contributed by atoms with van der Waals surface area (Å²) in [6.45, 7) is 8.98. The summed E-state index contributed by atoms with van der Waals surface area (Å²) in [5.41, 5.74) is 0.972. The molecular formula is C32H45FN2O3. The lowest BCUT2D eigenvalue weighted by atomic mass is 9.43. The van der Waals surface area contributed by atoms with E-state index < -0.39 is 11.4 Å². The van der Waals surface area contributed by atoms with E-state index in [1.54, 1.807) is 19.1 Å². The molecule has 38 heavy (non-hydrogen) atoms. The van der Waals surface area contributed by atoms with Gasteiger partial charge >= 0.3 is 0 Å². The minimum Gasteiger partial charge on any atom is -0.393 e. The lowest BCUT2D eigenvalue weighted by Gasteiger charge is -2.62. The summed E-state index contributed by atoms with van der Waals surface area (Å²) in [4.78, 5) is 20.1. The van der Waals surface area contributed by atoms with E-state index in [1.165, 1.54) is 25.7 Å². The second-order valence-corrected chi connectivity index (χ2v) is 14.1. The average molecular weight is 525 g/mol. The Bertz CT molecular complexity index is 1280. The van der Waals surface area contributed by atoms with Crippen LogP contribution in [0.1, 0.15) is 89.9 Å². The summed E-state index contributed by atoms with van der Waals surface area (Å²) in [6, 6.07) is 3.43. The van der Waals surface area contributed by atoms with Crippen molar-refractivity contribution in [2.45, 2.75) is 104 Å². The quantitative estimate of drug-likeness (QED) is 0.463. The number of halogens is 1. The smallest absolute Gasteiger partial charge is 0.261 e. The van der Waals surface area contributed by atoms with Crippen LogP contribution in [0.4, 0.5) is 4.39 Å². The van der Waals surface area contributed by atoms with Crippen molar-refractivity contribution >= 4 is 10.9 Å². The summed E-state index contributed by atoms with van der Waals surface area (Å²) in [5.74, 6) is 3.16. The van der Waals surface area contributed by atoms with E-state index in [9.17, 15) is 19.4 Å².